The summed E-state index contributed by atoms with van der Waals surface area (Å²) in [5, 5.41) is 0. The third-order valence-corrected chi connectivity index (χ3v) is 4.22. The van der Waals surface area contributed by atoms with Crippen LogP contribution in [0.4, 0.5) is 0 Å². The zero-order valence-corrected chi connectivity index (χ0v) is 15.4. The van der Waals surface area contributed by atoms with E-state index in [1.54, 1.807) is 7.11 Å². The summed E-state index contributed by atoms with van der Waals surface area (Å²) in [6.07, 6.45) is 0. The lowest BCUT2D eigenvalue weighted by Crippen LogP contribution is -2.25. The molecule has 0 aliphatic heterocycles. The first-order valence-electron chi connectivity index (χ1n) is 7.25. The second-order valence-corrected chi connectivity index (χ2v) is 9.46. The number of rotatable bonds is 5. The van der Waals surface area contributed by atoms with E-state index in [2.05, 4.69) is 46.0 Å². The number of ether oxygens (including phenoxy) is 1. The van der Waals surface area contributed by atoms with Crippen LogP contribution in [0.15, 0.2) is 12.1 Å². The molecule has 3 nitrogen and oxygen atoms in total. The molecule has 0 unspecified atom stereocenters. The fourth-order valence-electron chi connectivity index (χ4n) is 1.95. The van der Waals surface area contributed by atoms with Crippen molar-refractivity contribution in [3.8, 4) is 0 Å². The van der Waals surface area contributed by atoms with Crippen molar-refractivity contribution in [1.82, 2.24) is 4.98 Å². The van der Waals surface area contributed by atoms with Gasteiger partial charge in [0.1, 0.15) is 5.60 Å². The van der Waals surface area contributed by atoms with Crippen molar-refractivity contribution in [3.05, 3.63) is 29.1 Å². The van der Waals surface area contributed by atoms with Crippen molar-refractivity contribution in [2.75, 3.05) is 7.11 Å². The molecule has 0 radical (unpaired) electrons. The minimum atomic E-state index is -1.02. The van der Waals surface area contributed by atoms with Crippen molar-refractivity contribution < 1.29 is 9.16 Å². The third kappa shape index (κ3) is 4.40. The second-order valence-electron chi connectivity index (χ2n) is 7.03. The number of pyridine rings is 1. The van der Waals surface area contributed by atoms with Gasteiger partial charge in [0.15, 0.2) is 9.04 Å². The molecule has 0 spiro atoms. The van der Waals surface area contributed by atoms with Gasteiger partial charge in [-0.2, -0.15) is 0 Å². The van der Waals surface area contributed by atoms with Crippen LogP contribution < -0.4 is 0 Å². The van der Waals surface area contributed by atoms with Gasteiger partial charge in [0.2, 0.25) is 0 Å². The molecule has 20 heavy (non-hydrogen) atoms. The molecule has 4 heteroatoms. The van der Waals surface area contributed by atoms with Crippen molar-refractivity contribution in [2.45, 2.75) is 65.3 Å². The molecule has 1 rings (SSSR count). The number of hydrogen-bond donors (Lipinski definition) is 0. The molecule has 1 heterocycles. The van der Waals surface area contributed by atoms with Gasteiger partial charge in [0.05, 0.1) is 18.0 Å². The second kappa shape index (κ2) is 6.37. The molecule has 0 saturated heterocycles. The van der Waals surface area contributed by atoms with Crippen molar-refractivity contribution in [3.63, 3.8) is 0 Å². The largest absolute Gasteiger partial charge is 0.416 e. The molecule has 0 aliphatic rings. The van der Waals surface area contributed by atoms with Gasteiger partial charge >= 0.3 is 0 Å². The van der Waals surface area contributed by atoms with E-state index < -0.39 is 9.04 Å². The molecule has 1 aromatic heterocycles. The molecular formula is C16H29NO2Si. The van der Waals surface area contributed by atoms with E-state index in [-0.39, 0.29) is 11.0 Å². The maximum Gasteiger partial charge on any atom is 0.171 e. The topological polar surface area (TPSA) is 31.4 Å². The molecule has 0 saturated carbocycles. The molecule has 114 valence electrons. The fraction of sp³-hybridized carbons (Fsp3) is 0.688. The zero-order valence-electron chi connectivity index (χ0n) is 14.2. The minimum absolute atomic E-state index is 0.00292. The molecule has 0 fully saturated rings. The highest BCUT2D eigenvalue weighted by Crippen LogP contribution is 2.29. The number of aromatic nitrogens is 1. The lowest BCUT2D eigenvalue weighted by atomic mass is 9.87. The number of nitrogens with zero attached hydrogens (tertiary/aromatic N) is 1. The Balaban J connectivity index is 3.21. The summed E-state index contributed by atoms with van der Waals surface area (Å²) in [5.74, 6) is 0. The molecule has 1 aromatic rings. The Hall–Kier alpha value is -0.713. The molecule has 0 N–H and O–H groups in total. The van der Waals surface area contributed by atoms with Crippen LogP contribution in [0.3, 0.4) is 0 Å². The van der Waals surface area contributed by atoms with Crippen LogP contribution in [0.1, 0.15) is 51.6 Å². The lowest BCUT2D eigenvalue weighted by Gasteiger charge is -2.27. The van der Waals surface area contributed by atoms with Gasteiger partial charge in [-0.3, -0.25) is 4.98 Å². The van der Waals surface area contributed by atoms with Crippen LogP contribution in [0.2, 0.25) is 13.1 Å². The molecule has 0 bridgehead atoms. The first-order valence-corrected chi connectivity index (χ1v) is 10.0. The average molecular weight is 295 g/mol. The molecular weight excluding hydrogens is 266 g/mol. The summed E-state index contributed by atoms with van der Waals surface area (Å²) in [5.41, 5.74) is 2.89. The van der Waals surface area contributed by atoms with E-state index in [9.17, 15) is 0 Å². The summed E-state index contributed by atoms with van der Waals surface area (Å²) >= 11 is 0. The maximum absolute atomic E-state index is 5.88. The average Bonchev–Trinajstić information content (AvgIpc) is 2.34. The van der Waals surface area contributed by atoms with Crippen LogP contribution in [-0.4, -0.2) is 21.1 Å². The molecule has 0 amide bonds. The van der Waals surface area contributed by atoms with Gasteiger partial charge in [-0.1, -0.05) is 26.8 Å². The Morgan fingerprint density at radius 1 is 1.10 bits per heavy atom. The van der Waals surface area contributed by atoms with E-state index in [1.807, 2.05) is 13.8 Å². The highest BCUT2D eigenvalue weighted by atomic mass is 28.3. The van der Waals surface area contributed by atoms with E-state index in [1.165, 1.54) is 5.56 Å². The highest BCUT2D eigenvalue weighted by molar-refractivity contribution is 6.48. The van der Waals surface area contributed by atoms with E-state index in [0.29, 0.717) is 6.61 Å². The maximum atomic E-state index is 5.88. The lowest BCUT2D eigenvalue weighted by molar-refractivity contribution is 0.0151. The van der Waals surface area contributed by atoms with Gasteiger partial charge in [-0.15, -0.1) is 0 Å². The minimum Gasteiger partial charge on any atom is -0.416 e. The summed E-state index contributed by atoms with van der Waals surface area (Å²) < 4.78 is 11.4. The van der Waals surface area contributed by atoms with Gasteiger partial charge in [0, 0.05) is 12.5 Å². The first-order chi connectivity index (χ1) is 9.08. The number of methoxy groups -OCH3 is 1. The Morgan fingerprint density at radius 2 is 1.70 bits per heavy atom. The fourth-order valence-corrected chi connectivity index (χ4v) is 2.46. The van der Waals surface area contributed by atoms with Gasteiger partial charge in [-0.05, 0) is 38.6 Å². The zero-order chi connectivity index (χ0) is 15.6. The highest BCUT2D eigenvalue weighted by Gasteiger charge is 2.26. The first kappa shape index (κ1) is 17.3. The van der Waals surface area contributed by atoms with Crippen LogP contribution in [0, 0.1) is 0 Å². The van der Waals surface area contributed by atoms with Crippen molar-refractivity contribution in [1.29, 1.82) is 0 Å². The van der Waals surface area contributed by atoms with Gasteiger partial charge < -0.3 is 9.16 Å². The van der Waals surface area contributed by atoms with Crippen molar-refractivity contribution in [2.24, 2.45) is 0 Å². The van der Waals surface area contributed by atoms with E-state index in [0.717, 1.165) is 11.4 Å². The summed E-state index contributed by atoms with van der Waals surface area (Å²) in [7, 11) is 0.703. The SMILES string of the molecule is COC(C)(C)c1ccc(CO[SiH](C)C)c(C(C)(C)C)n1. The smallest absolute Gasteiger partial charge is 0.171 e. The van der Waals surface area contributed by atoms with Gasteiger partial charge in [0.25, 0.3) is 0 Å². The van der Waals surface area contributed by atoms with Crippen molar-refractivity contribution >= 4 is 9.04 Å². The quantitative estimate of drug-likeness (QED) is 0.775. The predicted octanol–water partition coefficient (Wildman–Crippen LogP) is 3.76. The Labute approximate surface area is 125 Å². The van der Waals surface area contributed by atoms with Crippen LogP contribution in [-0.2, 0) is 26.8 Å². The summed E-state index contributed by atoms with van der Waals surface area (Å²) in [6.45, 7) is 15.7. The third-order valence-electron chi connectivity index (χ3n) is 3.39. The summed E-state index contributed by atoms with van der Waals surface area (Å²) in [6, 6.07) is 4.19. The Bertz CT molecular complexity index is 450. The van der Waals surface area contributed by atoms with E-state index in [4.69, 9.17) is 14.1 Å². The standard InChI is InChI=1S/C16H29NO2Si/c1-15(2,3)14-12(11-19-20(7)8)9-10-13(17-14)16(4,5)18-6/h9-10,20H,11H2,1-8H3. The predicted molar refractivity (Wildman–Crippen MR) is 86.6 cm³/mol. The van der Waals surface area contributed by atoms with Crippen LogP contribution in [0.25, 0.3) is 0 Å². The van der Waals surface area contributed by atoms with E-state index >= 15 is 0 Å². The Morgan fingerprint density at radius 3 is 2.15 bits per heavy atom. The summed E-state index contributed by atoms with van der Waals surface area (Å²) in [4.78, 5) is 4.87. The van der Waals surface area contributed by atoms with Crippen LogP contribution >= 0.6 is 0 Å². The molecule has 0 atom stereocenters. The van der Waals surface area contributed by atoms with Crippen LogP contribution in [0.5, 0.6) is 0 Å². The monoisotopic (exact) mass is 295 g/mol. The molecule has 0 aliphatic carbocycles. The van der Waals surface area contributed by atoms with Gasteiger partial charge in [-0.25, -0.2) is 0 Å². The Kier molecular flexibility index (Phi) is 5.52. The normalized spacial score (nSPS) is 13.1. The molecule has 0 aromatic carbocycles. The number of hydrogen-bond acceptors (Lipinski definition) is 3.